The van der Waals surface area contributed by atoms with Crippen LogP contribution in [0.4, 0.5) is 18.9 Å². The van der Waals surface area contributed by atoms with E-state index in [1.807, 2.05) is 19.9 Å². The minimum atomic E-state index is -4.34. The molecular formula is C15H17F3N2O. The zero-order valence-corrected chi connectivity index (χ0v) is 11.9. The third-order valence-electron chi connectivity index (χ3n) is 2.88. The zero-order valence-electron chi connectivity index (χ0n) is 11.9. The molecule has 0 amide bonds. The molecule has 0 fully saturated rings. The predicted octanol–water partition coefficient (Wildman–Crippen LogP) is 4.31. The van der Waals surface area contributed by atoms with Gasteiger partial charge in [-0.05, 0) is 37.6 Å². The van der Waals surface area contributed by atoms with E-state index in [0.717, 1.165) is 35.2 Å². The monoisotopic (exact) mass is 298 g/mol. The van der Waals surface area contributed by atoms with Gasteiger partial charge in [-0.15, -0.1) is 0 Å². The summed E-state index contributed by atoms with van der Waals surface area (Å²) in [5.41, 5.74) is 2.44. The number of anilines is 1. The number of nitrogens with zero attached hydrogens (tertiary/aromatic N) is 1. The van der Waals surface area contributed by atoms with E-state index in [0.29, 0.717) is 0 Å². The standard InChI is InChI=1S/C15H17F3N2O/c1-3-6-19-14-7-10(2)20-13-5-4-11(8-12(13)14)21-9-15(16,17)18/h4-5,7-8H,3,6,9H2,1-2H3,(H,19,20). The molecule has 0 atom stereocenters. The van der Waals surface area contributed by atoms with Crippen molar-refractivity contribution in [2.24, 2.45) is 0 Å². The number of benzene rings is 1. The van der Waals surface area contributed by atoms with Crippen molar-refractivity contribution < 1.29 is 17.9 Å². The summed E-state index contributed by atoms with van der Waals surface area (Å²) in [4.78, 5) is 4.38. The number of fused-ring (bicyclic) bond motifs is 1. The highest BCUT2D eigenvalue weighted by Crippen LogP contribution is 2.28. The Hall–Kier alpha value is -1.98. The molecule has 1 N–H and O–H groups in total. The van der Waals surface area contributed by atoms with Crippen molar-refractivity contribution in [2.45, 2.75) is 26.4 Å². The van der Waals surface area contributed by atoms with Crippen LogP contribution in [0.25, 0.3) is 10.9 Å². The second-order valence-electron chi connectivity index (χ2n) is 4.82. The fraction of sp³-hybridized carbons (Fsp3) is 0.400. The molecule has 21 heavy (non-hydrogen) atoms. The van der Waals surface area contributed by atoms with Gasteiger partial charge in [0.05, 0.1) is 5.52 Å². The normalized spacial score (nSPS) is 11.7. The second kappa shape index (κ2) is 6.20. The number of nitrogens with one attached hydrogen (secondary N) is 1. The first-order valence-corrected chi connectivity index (χ1v) is 6.74. The van der Waals surface area contributed by atoms with Gasteiger partial charge in [-0.2, -0.15) is 13.2 Å². The van der Waals surface area contributed by atoms with Gasteiger partial charge in [-0.1, -0.05) is 6.92 Å². The van der Waals surface area contributed by atoms with Crippen molar-refractivity contribution >= 4 is 16.6 Å². The Bertz CT molecular complexity index is 626. The Morgan fingerprint density at radius 1 is 1.24 bits per heavy atom. The van der Waals surface area contributed by atoms with Crippen molar-refractivity contribution in [3.05, 3.63) is 30.0 Å². The van der Waals surface area contributed by atoms with Crippen LogP contribution in [-0.2, 0) is 0 Å². The topological polar surface area (TPSA) is 34.2 Å². The van der Waals surface area contributed by atoms with E-state index >= 15 is 0 Å². The van der Waals surface area contributed by atoms with Crippen molar-refractivity contribution in [3.8, 4) is 5.75 Å². The Morgan fingerprint density at radius 2 is 2.00 bits per heavy atom. The summed E-state index contributed by atoms with van der Waals surface area (Å²) in [6.07, 6.45) is -3.39. The van der Waals surface area contributed by atoms with Gasteiger partial charge in [0.2, 0.25) is 0 Å². The van der Waals surface area contributed by atoms with E-state index in [1.54, 1.807) is 12.1 Å². The molecule has 1 aromatic carbocycles. The molecule has 2 rings (SSSR count). The fourth-order valence-corrected chi connectivity index (χ4v) is 2.00. The first-order chi connectivity index (χ1) is 9.89. The maximum Gasteiger partial charge on any atom is 0.422 e. The van der Waals surface area contributed by atoms with Gasteiger partial charge in [0.25, 0.3) is 0 Å². The van der Waals surface area contributed by atoms with E-state index in [-0.39, 0.29) is 5.75 Å². The summed E-state index contributed by atoms with van der Waals surface area (Å²) in [5, 5.41) is 4.02. The van der Waals surface area contributed by atoms with Gasteiger partial charge >= 0.3 is 6.18 Å². The lowest BCUT2D eigenvalue weighted by Gasteiger charge is -2.13. The number of hydrogen-bond acceptors (Lipinski definition) is 3. The van der Waals surface area contributed by atoms with Crippen LogP contribution >= 0.6 is 0 Å². The largest absolute Gasteiger partial charge is 0.484 e. The summed E-state index contributed by atoms with van der Waals surface area (Å²) in [6, 6.07) is 6.65. The molecule has 0 saturated carbocycles. The summed E-state index contributed by atoms with van der Waals surface area (Å²) >= 11 is 0. The maximum atomic E-state index is 12.2. The average Bonchev–Trinajstić information content (AvgIpc) is 2.41. The Morgan fingerprint density at radius 3 is 2.67 bits per heavy atom. The molecule has 1 aromatic heterocycles. The van der Waals surface area contributed by atoms with Crippen LogP contribution in [0.1, 0.15) is 19.0 Å². The SMILES string of the molecule is CCCNc1cc(C)nc2ccc(OCC(F)(F)F)cc12. The van der Waals surface area contributed by atoms with E-state index in [9.17, 15) is 13.2 Å². The predicted molar refractivity (Wildman–Crippen MR) is 76.8 cm³/mol. The van der Waals surface area contributed by atoms with Gasteiger partial charge in [-0.25, -0.2) is 0 Å². The molecule has 0 aliphatic heterocycles. The molecule has 2 aromatic rings. The summed E-state index contributed by atoms with van der Waals surface area (Å²) in [7, 11) is 0. The molecule has 0 aliphatic carbocycles. The number of rotatable bonds is 5. The van der Waals surface area contributed by atoms with Crippen LogP contribution in [0, 0.1) is 6.92 Å². The van der Waals surface area contributed by atoms with Crippen LogP contribution in [0.2, 0.25) is 0 Å². The number of halogens is 3. The summed E-state index contributed by atoms with van der Waals surface area (Å²) in [6.45, 7) is 3.41. The summed E-state index contributed by atoms with van der Waals surface area (Å²) < 4.78 is 41.4. The minimum absolute atomic E-state index is 0.185. The molecule has 0 aliphatic rings. The van der Waals surface area contributed by atoms with Gasteiger partial charge in [0.1, 0.15) is 5.75 Å². The average molecular weight is 298 g/mol. The molecule has 0 bridgehead atoms. The molecule has 6 heteroatoms. The molecule has 0 saturated heterocycles. The van der Waals surface area contributed by atoms with Crippen LogP contribution in [0.3, 0.4) is 0 Å². The molecule has 0 radical (unpaired) electrons. The number of pyridine rings is 1. The molecule has 1 heterocycles. The van der Waals surface area contributed by atoms with Crippen molar-refractivity contribution in [2.75, 3.05) is 18.5 Å². The highest BCUT2D eigenvalue weighted by atomic mass is 19.4. The lowest BCUT2D eigenvalue weighted by molar-refractivity contribution is -0.153. The van der Waals surface area contributed by atoms with Gasteiger partial charge < -0.3 is 10.1 Å². The van der Waals surface area contributed by atoms with Gasteiger partial charge in [-0.3, -0.25) is 4.98 Å². The van der Waals surface area contributed by atoms with Crippen molar-refractivity contribution in [1.82, 2.24) is 4.98 Å². The van der Waals surface area contributed by atoms with Crippen LogP contribution < -0.4 is 10.1 Å². The highest BCUT2D eigenvalue weighted by molar-refractivity contribution is 5.92. The van der Waals surface area contributed by atoms with E-state index < -0.39 is 12.8 Å². The first-order valence-electron chi connectivity index (χ1n) is 6.74. The second-order valence-corrected chi connectivity index (χ2v) is 4.82. The van der Waals surface area contributed by atoms with Gasteiger partial charge in [0.15, 0.2) is 6.61 Å². The van der Waals surface area contributed by atoms with Crippen LogP contribution in [0.5, 0.6) is 5.75 Å². The molecule has 114 valence electrons. The van der Waals surface area contributed by atoms with Crippen molar-refractivity contribution in [3.63, 3.8) is 0 Å². The first kappa shape index (κ1) is 15.4. The Labute approximate surface area is 121 Å². The number of aryl methyl sites for hydroxylation is 1. The summed E-state index contributed by atoms with van der Waals surface area (Å²) in [5.74, 6) is 0.185. The lowest BCUT2D eigenvalue weighted by atomic mass is 10.1. The Kier molecular flexibility index (Phi) is 4.55. The van der Waals surface area contributed by atoms with Crippen molar-refractivity contribution in [1.29, 1.82) is 0 Å². The zero-order chi connectivity index (χ0) is 15.5. The molecular weight excluding hydrogens is 281 g/mol. The highest BCUT2D eigenvalue weighted by Gasteiger charge is 2.28. The maximum absolute atomic E-state index is 12.2. The number of aromatic nitrogens is 1. The molecule has 0 unspecified atom stereocenters. The lowest BCUT2D eigenvalue weighted by Crippen LogP contribution is -2.19. The van der Waals surface area contributed by atoms with E-state index in [1.165, 1.54) is 6.07 Å². The van der Waals surface area contributed by atoms with E-state index in [2.05, 4.69) is 10.3 Å². The number of hydrogen-bond donors (Lipinski definition) is 1. The molecule has 0 spiro atoms. The third kappa shape index (κ3) is 4.24. The fourth-order valence-electron chi connectivity index (χ4n) is 2.00. The third-order valence-corrected chi connectivity index (χ3v) is 2.88. The van der Waals surface area contributed by atoms with Crippen LogP contribution in [-0.4, -0.2) is 24.3 Å². The van der Waals surface area contributed by atoms with E-state index in [4.69, 9.17) is 4.74 Å². The Balaban J connectivity index is 2.33. The van der Waals surface area contributed by atoms with Gasteiger partial charge in [0, 0.05) is 23.3 Å². The minimum Gasteiger partial charge on any atom is -0.484 e. The number of alkyl halides is 3. The quantitative estimate of drug-likeness (QED) is 0.893. The van der Waals surface area contributed by atoms with Crippen LogP contribution in [0.15, 0.2) is 24.3 Å². The number of ether oxygens (including phenoxy) is 1. The molecule has 3 nitrogen and oxygen atoms in total. The smallest absolute Gasteiger partial charge is 0.422 e.